The van der Waals surface area contributed by atoms with E-state index in [0.29, 0.717) is 12.1 Å². The van der Waals surface area contributed by atoms with Crippen molar-refractivity contribution in [2.24, 2.45) is 5.41 Å². The Morgan fingerprint density at radius 1 is 1.22 bits per heavy atom. The summed E-state index contributed by atoms with van der Waals surface area (Å²) in [6.07, 6.45) is 0. The SMILES string of the molecule is CC(C)(C)C(C)(C)NCc1cccc(C(=O)O)c1. The Morgan fingerprint density at radius 3 is 2.33 bits per heavy atom. The van der Waals surface area contributed by atoms with E-state index in [0.717, 1.165) is 5.56 Å². The number of carboxylic acid groups (broad SMARTS) is 1. The van der Waals surface area contributed by atoms with Crippen LogP contribution in [-0.4, -0.2) is 16.6 Å². The lowest BCUT2D eigenvalue weighted by Crippen LogP contribution is -2.49. The number of carbonyl (C=O) groups is 1. The molecule has 3 heteroatoms. The van der Waals surface area contributed by atoms with Gasteiger partial charge in [0.05, 0.1) is 5.56 Å². The van der Waals surface area contributed by atoms with Crippen LogP contribution < -0.4 is 5.32 Å². The maximum Gasteiger partial charge on any atom is 0.335 e. The summed E-state index contributed by atoms with van der Waals surface area (Å²) in [6.45, 7) is 11.6. The Morgan fingerprint density at radius 2 is 1.83 bits per heavy atom. The van der Waals surface area contributed by atoms with Crippen LogP contribution >= 0.6 is 0 Å². The van der Waals surface area contributed by atoms with Crippen molar-refractivity contribution in [2.45, 2.75) is 46.7 Å². The molecule has 0 saturated heterocycles. The van der Waals surface area contributed by atoms with Crippen LogP contribution in [0.2, 0.25) is 0 Å². The minimum atomic E-state index is -0.882. The molecule has 0 aromatic heterocycles. The van der Waals surface area contributed by atoms with Crippen LogP contribution in [0.3, 0.4) is 0 Å². The summed E-state index contributed by atoms with van der Waals surface area (Å²) in [4.78, 5) is 10.9. The van der Waals surface area contributed by atoms with Gasteiger partial charge in [-0.3, -0.25) is 0 Å². The molecule has 3 nitrogen and oxygen atoms in total. The van der Waals surface area contributed by atoms with Crippen LogP contribution in [0.1, 0.15) is 50.5 Å². The van der Waals surface area contributed by atoms with Gasteiger partial charge in [-0.25, -0.2) is 4.79 Å². The van der Waals surface area contributed by atoms with Gasteiger partial charge in [0.15, 0.2) is 0 Å². The Balaban J connectivity index is 2.75. The molecule has 1 aromatic rings. The fourth-order valence-corrected chi connectivity index (χ4v) is 1.40. The third-order valence-electron chi connectivity index (χ3n) is 3.78. The number of benzene rings is 1. The summed E-state index contributed by atoms with van der Waals surface area (Å²) in [7, 11) is 0. The van der Waals surface area contributed by atoms with Gasteiger partial charge >= 0.3 is 5.97 Å². The summed E-state index contributed by atoms with van der Waals surface area (Å²) < 4.78 is 0. The highest BCUT2D eigenvalue weighted by atomic mass is 16.4. The standard InChI is InChI=1S/C15H23NO2/c1-14(2,3)15(4,5)16-10-11-7-6-8-12(9-11)13(17)18/h6-9,16H,10H2,1-5H3,(H,17,18). The molecule has 0 aliphatic carbocycles. The van der Waals surface area contributed by atoms with E-state index in [1.54, 1.807) is 18.2 Å². The first-order valence-corrected chi connectivity index (χ1v) is 6.21. The van der Waals surface area contributed by atoms with E-state index in [1.165, 1.54) is 0 Å². The van der Waals surface area contributed by atoms with E-state index in [-0.39, 0.29) is 11.0 Å². The average molecular weight is 249 g/mol. The highest BCUT2D eigenvalue weighted by molar-refractivity contribution is 5.87. The average Bonchev–Trinajstić information content (AvgIpc) is 2.25. The van der Waals surface area contributed by atoms with Crippen LogP contribution in [0.25, 0.3) is 0 Å². The molecule has 0 radical (unpaired) electrons. The second-order valence-electron chi connectivity index (χ2n) is 6.23. The molecule has 0 fully saturated rings. The largest absolute Gasteiger partial charge is 0.478 e. The molecule has 0 aliphatic heterocycles. The molecule has 1 rings (SSSR count). The molecule has 18 heavy (non-hydrogen) atoms. The molecule has 0 atom stereocenters. The van der Waals surface area contributed by atoms with Gasteiger partial charge in [-0.2, -0.15) is 0 Å². The first kappa shape index (κ1) is 14.7. The fourth-order valence-electron chi connectivity index (χ4n) is 1.40. The topological polar surface area (TPSA) is 49.3 Å². The van der Waals surface area contributed by atoms with Gasteiger partial charge in [-0.1, -0.05) is 32.9 Å². The maximum atomic E-state index is 10.9. The predicted octanol–water partition coefficient (Wildman–Crippen LogP) is 3.30. The Hall–Kier alpha value is -1.35. The molecule has 0 bridgehead atoms. The minimum Gasteiger partial charge on any atom is -0.478 e. The molecular weight excluding hydrogens is 226 g/mol. The van der Waals surface area contributed by atoms with E-state index >= 15 is 0 Å². The number of carboxylic acids is 1. The summed E-state index contributed by atoms with van der Waals surface area (Å²) in [5.41, 5.74) is 1.44. The summed E-state index contributed by atoms with van der Waals surface area (Å²) in [5, 5.41) is 12.4. The van der Waals surface area contributed by atoms with Crippen molar-refractivity contribution in [1.82, 2.24) is 5.32 Å². The third kappa shape index (κ3) is 3.57. The van der Waals surface area contributed by atoms with Crippen LogP contribution in [0.15, 0.2) is 24.3 Å². The zero-order chi connectivity index (χ0) is 14.0. The van der Waals surface area contributed by atoms with Crippen LogP contribution in [0, 0.1) is 5.41 Å². The molecular formula is C15H23NO2. The van der Waals surface area contributed by atoms with E-state index in [1.807, 2.05) is 6.07 Å². The highest BCUT2D eigenvalue weighted by Crippen LogP contribution is 2.29. The number of aromatic carboxylic acids is 1. The molecule has 0 unspecified atom stereocenters. The molecule has 0 saturated carbocycles. The smallest absolute Gasteiger partial charge is 0.335 e. The van der Waals surface area contributed by atoms with E-state index in [9.17, 15) is 4.79 Å². The Bertz CT molecular complexity index is 430. The summed E-state index contributed by atoms with van der Waals surface area (Å²) in [6, 6.07) is 7.05. The van der Waals surface area contributed by atoms with E-state index in [4.69, 9.17) is 5.11 Å². The van der Waals surface area contributed by atoms with Gasteiger partial charge < -0.3 is 10.4 Å². The first-order valence-electron chi connectivity index (χ1n) is 6.21. The van der Waals surface area contributed by atoms with Gasteiger partial charge in [-0.05, 0) is 37.0 Å². The number of hydrogen-bond acceptors (Lipinski definition) is 2. The van der Waals surface area contributed by atoms with Gasteiger partial charge in [-0.15, -0.1) is 0 Å². The van der Waals surface area contributed by atoms with Crippen molar-refractivity contribution in [1.29, 1.82) is 0 Å². The fraction of sp³-hybridized carbons (Fsp3) is 0.533. The van der Waals surface area contributed by atoms with Crippen LogP contribution in [0.4, 0.5) is 0 Å². The van der Waals surface area contributed by atoms with Crippen LogP contribution in [0.5, 0.6) is 0 Å². The van der Waals surface area contributed by atoms with E-state index < -0.39 is 5.97 Å². The second kappa shape index (κ2) is 5.11. The van der Waals surface area contributed by atoms with Gasteiger partial charge in [0.1, 0.15) is 0 Å². The second-order valence-corrected chi connectivity index (χ2v) is 6.23. The minimum absolute atomic E-state index is 0.0216. The maximum absolute atomic E-state index is 10.9. The normalized spacial score (nSPS) is 12.5. The van der Waals surface area contributed by atoms with Gasteiger partial charge in [0.2, 0.25) is 0 Å². The quantitative estimate of drug-likeness (QED) is 0.860. The lowest BCUT2D eigenvalue weighted by Gasteiger charge is -2.40. The monoisotopic (exact) mass is 249 g/mol. The van der Waals surface area contributed by atoms with Crippen molar-refractivity contribution in [2.75, 3.05) is 0 Å². The summed E-state index contributed by atoms with van der Waals surface area (Å²) in [5.74, 6) is -0.882. The van der Waals surface area contributed by atoms with Gasteiger partial charge in [0, 0.05) is 12.1 Å². The Kier molecular flexibility index (Phi) is 4.17. The number of nitrogens with one attached hydrogen (secondary N) is 1. The lowest BCUT2D eigenvalue weighted by atomic mass is 9.76. The number of hydrogen-bond donors (Lipinski definition) is 2. The molecule has 0 heterocycles. The first-order chi connectivity index (χ1) is 8.13. The molecule has 0 aliphatic rings. The van der Waals surface area contributed by atoms with Crippen molar-refractivity contribution in [3.63, 3.8) is 0 Å². The van der Waals surface area contributed by atoms with Gasteiger partial charge in [0.25, 0.3) is 0 Å². The third-order valence-corrected chi connectivity index (χ3v) is 3.78. The zero-order valence-corrected chi connectivity index (χ0v) is 11.9. The van der Waals surface area contributed by atoms with E-state index in [2.05, 4.69) is 39.9 Å². The lowest BCUT2D eigenvalue weighted by molar-refractivity contribution is 0.0696. The molecule has 1 aromatic carbocycles. The van der Waals surface area contributed by atoms with Crippen molar-refractivity contribution in [3.05, 3.63) is 35.4 Å². The molecule has 2 N–H and O–H groups in total. The Labute approximate surface area is 109 Å². The molecule has 0 amide bonds. The van der Waals surface area contributed by atoms with Crippen molar-refractivity contribution in [3.8, 4) is 0 Å². The molecule has 0 spiro atoms. The van der Waals surface area contributed by atoms with Crippen LogP contribution in [-0.2, 0) is 6.54 Å². The summed E-state index contributed by atoms with van der Waals surface area (Å²) >= 11 is 0. The highest BCUT2D eigenvalue weighted by Gasteiger charge is 2.31. The predicted molar refractivity (Wildman–Crippen MR) is 73.8 cm³/mol. The number of rotatable bonds is 4. The zero-order valence-electron chi connectivity index (χ0n) is 11.9. The van der Waals surface area contributed by atoms with Crippen molar-refractivity contribution >= 4 is 5.97 Å². The molecule has 100 valence electrons. The van der Waals surface area contributed by atoms with Crippen molar-refractivity contribution < 1.29 is 9.90 Å².